The second kappa shape index (κ2) is 5.63. The van der Waals surface area contributed by atoms with Gasteiger partial charge >= 0.3 is 5.97 Å². The van der Waals surface area contributed by atoms with E-state index in [2.05, 4.69) is 5.16 Å². The highest BCUT2D eigenvalue weighted by molar-refractivity contribution is 6.35. The summed E-state index contributed by atoms with van der Waals surface area (Å²) in [4.78, 5) is 16.0. The van der Waals surface area contributed by atoms with Gasteiger partial charge in [-0.2, -0.15) is 0 Å². The number of hydrogen-bond acceptors (Lipinski definition) is 7. The molecule has 118 valence electrons. The van der Waals surface area contributed by atoms with Crippen LogP contribution in [0.2, 0.25) is 0 Å². The lowest BCUT2D eigenvalue weighted by molar-refractivity contribution is -0.129. The summed E-state index contributed by atoms with van der Waals surface area (Å²) in [7, 11) is 3.04. The summed E-state index contributed by atoms with van der Waals surface area (Å²) in [5.74, 6) is 0.949. The molecule has 2 aliphatic heterocycles. The third kappa shape index (κ3) is 2.36. The van der Waals surface area contributed by atoms with Gasteiger partial charge in [0, 0.05) is 18.4 Å². The van der Waals surface area contributed by atoms with E-state index in [0.717, 1.165) is 5.56 Å². The number of ether oxygens (including phenoxy) is 4. The molecular weight excluding hydrogens is 294 g/mol. The van der Waals surface area contributed by atoms with E-state index in [-0.39, 0.29) is 25.0 Å². The lowest BCUT2D eigenvalue weighted by Crippen LogP contribution is -2.16. The molecule has 0 saturated heterocycles. The predicted octanol–water partition coefficient (Wildman–Crippen LogP) is 1.20. The van der Waals surface area contributed by atoms with E-state index >= 15 is 0 Å². The topological polar surface area (TPSA) is 95.8 Å². The van der Waals surface area contributed by atoms with Crippen molar-refractivity contribution >= 4 is 11.7 Å². The fraction of sp³-hybridized carbons (Fsp3) is 0.429. The minimum absolute atomic E-state index is 0.0108. The molecule has 2 heterocycles. The molecule has 1 aromatic carbocycles. The maximum atomic E-state index is 10.9. The second-order valence-corrected chi connectivity index (χ2v) is 4.81. The number of nitrogens with zero attached hydrogens (tertiary/aromatic N) is 1. The fourth-order valence-corrected chi connectivity index (χ4v) is 2.52. The van der Waals surface area contributed by atoms with Crippen LogP contribution < -0.4 is 18.9 Å². The van der Waals surface area contributed by atoms with E-state index in [1.165, 1.54) is 14.2 Å². The number of aliphatic carboxylic acids is 1. The van der Waals surface area contributed by atoms with Gasteiger partial charge in [-0.05, 0) is 6.07 Å². The van der Waals surface area contributed by atoms with E-state index in [4.69, 9.17) is 28.9 Å². The van der Waals surface area contributed by atoms with Crippen molar-refractivity contribution in [1.29, 1.82) is 0 Å². The van der Waals surface area contributed by atoms with Crippen LogP contribution >= 0.6 is 0 Å². The van der Waals surface area contributed by atoms with Gasteiger partial charge in [-0.15, -0.1) is 0 Å². The van der Waals surface area contributed by atoms with Crippen molar-refractivity contribution in [3.8, 4) is 23.0 Å². The molecule has 2 aliphatic rings. The van der Waals surface area contributed by atoms with Gasteiger partial charge in [0.05, 0.1) is 14.2 Å². The Kier molecular flexibility index (Phi) is 3.66. The normalized spacial score (nSPS) is 18.6. The number of rotatable bonds is 5. The number of carboxylic acid groups (broad SMARTS) is 1. The second-order valence-electron chi connectivity index (χ2n) is 4.81. The van der Waals surface area contributed by atoms with Crippen LogP contribution in [0.15, 0.2) is 11.2 Å². The van der Waals surface area contributed by atoms with Gasteiger partial charge in [0.25, 0.3) is 0 Å². The maximum absolute atomic E-state index is 10.9. The van der Waals surface area contributed by atoms with Crippen molar-refractivity contribution in [1.82, 2.24) is 0 Å². The van der Waals surface area contributed by atoms with Crippen molar-refractivity contribution in [3.05, 3.63) is 11.6 Å². The van der Waals surface area contributed by atoms with Crippen molar-refractivity contribution in [3.63, 3.8) is 0 Å². The molecule has 0 amide bonds. The average molecular weight is 309 g/mol. The SMILES string of the molecule is COc1c(CC2CC(C(=O)O)=NO2)cc2c(c1OC)OCO2. The zero-order valence-corrected chi connectivity index (χ0v) is 12.1. The summed E-state index contributed by atoms with van der Waals surface area (Å²) in [5.41, 5.74) is 0.784. The van der Waals surface area contributed by atoms with Crippen LogP contribution in [0.3, 0.4) is 0 Å². The number of benzene rings is 1. The predicted molar refractivity (Wildman–Crippen MR) is 73.9 cm³/mol. The van der Waals surface area contributed by atoms with Crippen LogP contribution in [0.4, 0.5) is 0 Å². The molecule has 0 aliphatic carbocycles. The van der Waals surface area contributed by atoms with Gasteiger partial charge in [0.1, 0.15) is 6.10 Å². The zero-order valence-electron chi connectivity index (χ0n) is 12.1. The Morgan fingerprint density at radius 2 is 2.14 bits per heavy atom. The van der Waals surface area contributed by atoms with Gasteiger partial charge in [-0.1, -0.05) is 5.16 Å². The Bertz CT molecular complexity index is 641. The molecule has 0 bridgehead atoms. The Balaban J connectivity index is 1.87. The van der Waals surface area contributed by atoms with Gasteiger partial charge in [-0.3, -0.25) is 0 Å². The fourth-order valence-electron chi connectivity index (χ4n) is 2.52. The van der Waals surface area contributed by atoms with Crippen LogP contribution in [0.5, 0.6) is 23.0 Å². The van der Waals surface area contributed by atoms with Crippen LogP contribution in [-0.4, -0.2) is 43.9 Å². The Hall–Kier alpha value is -2.64. The van der Waals surface area contributed by atoms with Crippen LogP contribution in [0.1, 0.15) is 12.0 Å². The standard InChI is InChI=1S/C14H15NO7/c1-18-11-7(3-8-5-9(14(16)17)15-22-8)4-10-12(13(11)19-2)21-6-20-10/h4,8H,3,5-6H2,1-2H3,(H,16,17). The van der Waals surface area contributed by atoms with Crippen LogP contribution in [0, 0.1) is 0 Å². The van der Waals surface area contributed by atoms with Gasteiger partial charge in [0.2, 0.25) is 18.3 Å². The first kappa shape index (κ1) is 14.3. The summed E-state index contributed by atoms with van der Waals surface area (Å²) >= 11 is 0. The van der Waals surface area contributed by atoms with Gasteiger partial charge in [-0.25, -0.2) is 4.79 Å². The third-order valence-electron chi connectivity index (χ3n) is 3.49. The first-order chi connectivity index (χ1) is 10.6. The number of carboxylic acids is 1. The molecule has 1 atom stereocenters. The highest BCUT2D eigenvalue weighted by Crippen LogP contribution is 2.49. The van der Waals surface area contributed by atoms with Crippen LogP contribution in [0.25, 0.3) is 0 Å². The zero-order chi connectivity index (χ0) is 15.7. The summed E-state index contributed by atoms with van der Waals surface area (Å²) in [5, 5.41) is 12.5. The first-order valence-corrected chi connectivity index (χ1v) is 6.63. The number of hydrogen-bond donors (Lipinski definition) is 1. The van der Waals surface area contributed by atoms with Crippen molar-refractivity contribution in [2.24, 2.45) is 5.16 Å². The number of oxime groups is 1. The van der Waals surface area contributed by atoms with Crippen LogP contribution in [-0.2, 0) is 16.1 Å². The molecule has 0 spiro atoms. The highest BCUT2D eigenvalue weighted by Gasteiger charge is 2.31. The minimum atomic E-state index is -1.07. The average Bonchev–Trinajstić information content (AvgIpc) is 3.14. The summed E-state index contributed by atoms with van der Waals surface area (Å²) in [6.07, 6.45) is 0.274. The Labute approximate surface area is 126 Å². The molecule has 1 unspecified atom stereocenters. The monoisotopic (exact) mass is 309 g/mol. The van der Waals surface area contributed by atoms with Crippen molar-refractivity contribution in [2.45, 2.75) is 18.9 Å². The van der Waals surface area contributed by atoms with E-state index in [0.29, 0.717) is 29.4 Å². The molecule has 3 rings (SSSR count). The maximum Gasteiger partial charge on any atom is 0.353 e. The summed E-state index contributed by atoms with van der Waals surface area (Å²) in [6.45, 7) is 0.116. The van der Waals surface area contributed by atoms with Gasteiger partial charge < -0.3 is 28.9 Å². The highest BCUT2D eigenvalue weighted by atomic mass is 16.7. The molecule has 1 N–H and O–H groups in total. The van der Waals surface area contributed by atoms with E-state index < -0.39 is 5.97 Å². The third-order valence-corrected chi connectivity index (χ3v) is 3.49. The summed E-state index contributed by atoms with van der Waals surface area (Å²) < 4.78 is 21.5. The smallest absolute Gasteiger partial charge is 0.353 e. The van der Waals surface area contributed by atoms with Crippen molar-refractivity contribution < 1.29 is 33.7 Å². The number of carbonyl (C=O) groups is 1. The summed E-state index contributed by atoms with van der Waals surface area (Å²) in [6, 6.07) is 1.78. The van der Waals surface area contributed by atoms with Crippen molar-refractivity contribution in [2.75, 3.05) is 21.0 Å². The number of methoxy groups -OCH3 is 2. The molecule has 22 heavy (non-hydrogen) atoms. The number of fused-ring (bicyclic) bond motifs is 1. The lowest BCUT2D eigenvalue weighted by Gasteiger charge is -2.16. The quantitative estimate of drug-likeness (QED) is 0.873. The largest absolute Gasteiger partial charge is 0.492 e. The minimum Gasteiger partial charge on any atom is -0.492 e. The Morgan fingerprint density at radius 3 is 2.77 bits per heavy atom. The molecular formula is C14H15NO7. The molecule has 8 nitrogen and oxygen atoms in total. The Morgan fingerprint density at radius 1 is 1.36 bits per heavy atom. The van der Waals surface area contributed by atoms with Gasteiger partial charge in [0.15, 0.2) is 17.2 Å². The van der Waals surface area contributed by atoms with E-state index in [1.54, 1.807) is 6.07 Å². The van der Waals surface area contributed by atoms with E-state index in [1.807, 2.05) is 0 Å². The molecule has 1 aromatic rings. The molecule has 0 radical (unpaired) electrons. The lowest BCUT2D eigenvalue weighted by atomic mass is 10.0. The van der Waals surface area contributed by atoms with E-state index in [9.17, 15) is 4.79 Å². The molecule has 0 saturated carbocycles. The molecule has 0 aromatic heterocycles. The first-order valence-electron chi connectivity index (χ1n) is 6.63. The molecule has 8 heteroatoms. The molecule has 0 fully saturated rings.